The Hall–Kier alpha value is -2.24. The van der Waals surface area contributed by atoms with Crippen molar-refractivity contribution in [1.29, 1.82) is 0 Å². The summed E-state index contributed by atoms with van der Waals surface area (Å²) in [6.07, 6.45) is -2.63. The third-order valence-electron chi connectivity index (χ3n) is 2.82. The molecule has 100 valence electrons. The largest absolute Gasteiger partial charge is 0.476 e. The molecule has 0 aliphatic carbocycles. The van der Waals surface area contributed by atoms with Crippen LogP contribution in [0.25, 0.3) is 11.3 Å². The van der Waals surface area contributed by atoms with Crippen LogP contribution in [0.1, 0.15) is 28.0 Å². The third-order valence-corrected chi connectivity index (χ3v) is 2.82. The lowest BCUT2D eigenvalue weighted by atomic mass is 10.0. The minimum absolute atomic E-state index is 0.134. The molecule has 0 aliphatic rings. The molecule has 1 N–H and O–H groups in total. The van der Waals surface area contributed by atoms with Crippen LogP contribution < -0.4 is 0 Å². The van der Waals surface area contributed by atoms with Gasteiger partial charge >= 0.3 is 5.97 Å². The van der Waals surface area contributed by atoms with Gasteiger partial charge in [-0.25, -0.2) is 13.6 Å². The molecular weight excluding hydrogens is 254 g/mol. The van der Waals surface area contributed by atoms with Crippen molar-refractivity contribution in [3.63, 3.8) is 0 Å². The van der Waals surface area contributed by atoms with Gasteiger partial charge in [0.1, 0.15) is 0 Å². The molecule has 0 radical (unpaired) electrons. The molecule has 0 saturated heterocycles. The molecule has 1 heterocycles. The number of hydrogen-bond donors (Lipinski definition) is 1. The lowest BCUT2D eigenvalue weighted by Gasteiger charge is -2.10. The summed E-state index contributed by atoms with van der Waals surface area (Å²) in [5, 5.41) is 12.7. The van der Waals surface area contributed by atoms with Crippen molar-refractivity contribution in [2.24, 2.45) is 7.05 Å². The number of carboxylic acids is 1. The highest BCUT2D eigenvalue weighted by Gasteiger charge is 2.19. The van der Waals surface area contributed by atoms with Crippen molar-refractivity contribution in [1.82, 2.24) is 9.78 Å². The van der Waals surface area contributed by atoms with E-state index in [-0.39, 0.29) is 11.3 Å². The number of carboxylic acid groups (broad SMARTS) is 1. The number of nitrogens with zero attached hydrogens (tertiary/aromatic N) is 2. The summed E-state index contributed by atoms with van der Waals surface area (Å²) in [6, 6.07) is 5.84. The molecular formula is C13H12F2N2O2. The molecule has 0 aliphatic heterocycles. The molecule has 0 unspecified atom stereocenters. The predicted octanol–water partition coefficient (Wildman–Crippen LogP) is 3.03. The van der Waals surface area contributed by atoms with Crippen LogP contribution in [0.5, 0.6) is 0 Å². The van der Waals surface area contributed by atoms with Crippen LogP contribution in [-0.4, -0.2) is 20.9 Å². The van der Waals surface area contributed by atoms with Gasteiger partial charge in [-0.15, -0.1) is 0 Å². The van der Waals surface area contributed by atoms with E-state index in [2.05, 4.69) is 5.10 Å². The summed E-state index contributed by atoms with van der Waals surface area (Å²) >= 11 is 0. The molecule has 0 atom stereocenters. The molecule has 6 heteroatoms. The Bertz CT molecular complexity index is 636. The number of halogens is 2. The minimum Gasteiger partial charge on any atom is -0.476 e. The number of hydrogen-bond acceptors (Lipinski definition) is 2. The average molecular weight is 266 g/mol. The van der Waals surface area contributed by atoms with Crippen LogP contribution in [0.15, 0.2) is 24.3 Å². The first kappa shape index (κ1) is 13.2. The van der Waals surface area contributed by atoms with Crippen molar-refractivity contribution < 1.29 is 18.7 Å². The quantitative estimate of drug-likeness (QED) is 0.929. The summed E-state index contributed by atoms with van der Waals surface area (Å²) in [7, 11) is 1.53. The number of aryl methyl sites for hydroxylation is 2. The van der Waals surface area contributed by atoms with E-state index in [1.165, 1.54) is 23.9 Å². The molecule has 1 aromatic heterocycles. The Morgan fingerprint density at radius 1 is 1.37 bits per heavy atom. The zero-order valence-electron chi connectivity index (χ0n) is 10.4. The monoisotopic (exact) mass is 266 g/mol. The predicted molar refractivity (Wildman–Crippen MR) is 65.3 cm³/mol. The second kappa shape index (κ2) is 4.79. The molecule has 1 aromatic carbocycles. The molecule has 0 fully saturated rings. The zero-order valence-corrected chi connectivity index (χ0v) is 10.4. The van der Waals surface area contributed by atoms with Crippen molar-refractivity contribution in [2.45, 2.75) is 13.3 Å². The highest BCUT2D eigenvalue weighted by Crippen LogP contribution is 2.32. The maximum Gasteiger partial charge on any atom is 0.356 e. The molecule has 2 aromatic rings. The van der Waals surface area contributed by atoms with Gasteiger partial charge in [0.25, 0.3) is 6.43 Å². The van der Waals surface area contributed by atoms with E-state index in [9.17, 15) is 13.6 Å². The van der Waals surface area contributed by atoms with E-state index in [0.717, 1.165) is 5.56 Å². The minimum atomic E-state index is -2.63. The number of benzene rings is 1. The molecule has 19 heavy (non-hydrogen) atoms. The van der Waals surface area contributed by atoms with Crippen molar-refractivity contribution >= 4 is 5.97 Å². The van der Waals surface area contributed by atoms with Crippen molar-refractivity contribution in [3.05, 3.63) is 41.1 Å². The Balaban J connectivity index is 2.64. The molecule has 0 saturated carbocycles. The zero-order chi connectivity index (χ0) is 14.2. The highest BCUT2D eigenvalue weighted by atomic mass is 19.3. The van der Waals surface area contributed by atoms with E-state index < -0.39 is 12.4 Å². The van der Waals surface area contributed by atoms with Gasteiger partial charge in [-0.05, 0) is 19.1 Å². The number of rotatable bonds is 3. The first-order valence-corrected chi connectivity index (χ1v) is 5.56. The standard InChI is InChI=1S/C13H12F2N2O2/c1-7-3-4-8(12(14)15)9(5-7)11-6-10(13(18)19)16-17(11)2/h3-6,12H,1-2H3,(H,18,19). The highest BCUT2D eigenvalue weighted by molar-refractivity contribution is 5.87. The number of carbonyl (C=O) groups is 1. The van der Waals surface area contributed by atoms with E-state index in [1.807, 2.05) is 0 Å². The van der Waals surface area contributed by atoms with Crippen LogP contribution in [0.2, 0.25) is 0 Å². The SMILES string of the molecule is Cc1ccc(C(F)F)c(-c2cc(C(=O)O)nn2C)c1. The normalized spacial score (nSPS) is 11.0. The fraction of sp³-hybridized carbons (Fsp3) is 0.231. The Labute approximate surface area is 108 Å². The maximum absolute atomic E-state index is 13.0. The van der Waals surface area contributed by atoms with Crippen LogP contribution in [0, 0.1) is 6.92 Å². The van der Waals surface area contributed by atoms with E-state index >= 15 is 0 Å². The fourth-order valence-electron chi connectivity index (χ4n) is 1.91. The molecule has 0 bridgehead atoms. The molecule has 0 amide bonds. The van der Waals surface area contributed by atoms with E-state index in [1.54, 1.807) is 19.1 Å². The van der Waals surface area contributed by atoms with Gasteiger partial charge in [-0.2, -0.15) is 5.10 Å². The first-order valence-electron chi connectivity index (χ1n) is 5.56. The smallest absolute Gasteiger partial charge is 0.356 e. The van der Waals surface area contributed by atoms with Gasteiger partial charge in [0, 0.05) is 18.2 Å². The van der Waals surface area contributed by atoms with Crippen LogP contribution in [0.4, 0.5) is 8.78 Å². The summed E-state index contributed by atoms with van der Waals surface area (Å²) in [4.78, 5) is 10.9. The molecule has 2 rings (SSSR count). The Kier molecular flexibility index (Phi) is 3.33. The van der Waals surface area contributed by atoms with Crippen molar-refractivity contribution in [3.8, 4) is 11.3 Å². The lowest BCUT2D eigenvalue weighted by molar-refractivity contribution is 0.0689. The first-order chi connectivity index (χ1) is 8.90. The van der Waals surface area contributed by atoms with Gasteiger partial charge < -0.3 is 5.11 Å². The maximum atomic E-state index is 13.0. The van der Waals surface area contributed by atoms with Gasteiger partial charge in [-0.3, -0.25) is 4.68 Å². The number of alkyl halides is 2. The third kappa shape index (κ3) is 2.47. The Morgan fingerprint density at radius 3 is 2.58 bits per heavy atom. The van der Waals surface area contributed by atoms with Crippen molar-refractivity contribution in [2.75, 3.05) is 0 Å². The Morgan fingerprint density at radius 2 is 2.05 bits per heavy atom. The van der Waals surface area contributed by atoms with Gasteiger partial charge in [0.15, 0.2) is 5.69 Å². The van der Waals surface area contributed by atoms with Crippen LogP contribution >= 0.6 is 0 Å². The lowest BCUT2D eigenvalue weighted by Crippen LogP contribution is -2.00. The van der Waals surface area contributed by atoms with Gasteiger partial charge in [0.05, 0.1) is 5.69 Å². The fourth-order valence-corrected chi connectivity index (χ4v) is 1.91. The summed E-state index contributed by atoms with van der Waals surface area (Å²) < 4.78 is 27.3. The van der Waals surface area contributed by atoms with Crippen LogP contribution in [0.3, 0.4) is 0 Å². The van der Waals surface area contributed by atoms with Gasteiger partial charge in [0.2, 0.25) is 0 Å². The van der Waals surface area contributed by atoms with E-state index in [4.69, 9.17) is 5.11 Å². The molecule has 4 nitrogen and oxygen atoms in total. The van der Waals surface area contributed by atoms with E-state index in [0.29, 0.717) is 11.3 Å². The topological polar surface area (TPSA) is 55.1 Å². The van der Waals surface area contributed by atoms with Gasteiger partial charge in [-0.1, -0.05) is 17.7 Å². The summed E-state index contributed by atoms with van der Waals surface area (Å²) in [6.45, 7) is 1.78. The van der Waals surface area contributed by atoms with Crippen LogP contribution in [-0.2, 0) is 7.05 Å². The number of aromatic nitrogens is 2. The molecule has 0 spiro atoms. The summed E-state index contributed by atoms with van der Waals surface area (Å²) in [5.41, 5.74) is 1.18. The second-order valence-electron chi connectivity index (χ2n) is 4.23. The summed E-state index contributed by atoms with van der Waals surface area (Å²) in [5.74, 6) is -1.19. The number of aromatic carboxylic acids is 1. The average Bonchev–Trinajstić information content (AvgIpc) is 2.71. The second-order valence-corrected chi connectivity index (χ2v) is 4.23.